The Hall–Kier alpha value is -2.13. The molecule has 2 fully saturated rings. The van der Waals surface area contributed by atoms with Gasteiger partial charge in [0.15, 0.2) is 5.60 Å². The number of aromatic nitrogens is 2. The van der Waals surface area contributed by atoms with Crippen molar-refractivity contribution in [3.8, 4) is 0 Å². The van der Waals surface area contributed by atoms with Gasteiger partial charge in [-0.3, -0.25) is 0 Å². The standard InChI is InChI=1S/C12H13F4NO.C12H16FNO/c13-10-9(2-1-7-17-10)8-3-5-11(18,6-4-8)12(14,15)16;1-12(15)6-4-9(5-7-12)10-3-2-8-14-11(10)13/h1-2,7-8,18H,3-6H2;2-3,8-9,15H,4-7H2,1H3. The van der Waals surface area contributed by atoms with Crippen molar-refractivity contribution in [2.24, 2.45) is 0 Å². The molecule has 4 nitrogen and oxygen atoms in total. The lowest BCUT2D eigenvalue weighted by Gasteiger charge is -2.37. The number of pyridine rings is 2. The molecular formula is C24H29F5N2O2. The first kappa shape index (κ1) is 25.5. The third-order valence-electron chi connectivity index (χ3n) is 6.86. The van der Waals surface area contributed by atoms with Crippen LogP contribution in [0.15, 0.2) is 36.7 Å². The van der Waals surface area contributed by atoms with E-state index in [0.29, 0.717) is 11.1 Å². The van der Waals surface area contributed by atoms with Crippen LogP contribution < -0.4 is 0 Å². The summed E-state index contributed by atoms with van der Waals surface area (Å²) in [5, 5.41) is 19.3. The molecule has 0 bridgehead atoms. The van der Waals surface area contributed by atoms with Crippen molar-refractivity contribution in [3.63, 3.8) is 0 Å². The topological polar surface area (TPSA) is 66.2 Å². The van der Waals surface area contributed by atoms with Crippen molar-refractivity contribution < 1.29 is 32.2 Å². The fourth-order valence-electron chi connectivity index (χ4n) is 4.65. The number of alkyl halides is 3. The Balaban J connectivity index is 0.000000189. The highest BCUT2D eigenvalue weighted by Gasteiger charge is 2.54. The van der Waals surface area contributed by atoms with E-state index < -0.39 is 36.2 Å². The lowest BCUT2D eigenvalue weighted by atomic mass is 9.76. The van der Waals surface area contributed by atoms with E-state index in [9.17, 15) is 32.2 Å². The summed E-state index contributed by atoms with van der Waals surface area (Å²) in [6.45, 7) is 1.85. The molecule has 0 radical (unpaired) electrons. The van der Waals surface area contributed by atoms with E-state index >= 15 is 0 Å². The zero-order valence-corrected chi connectivity index (χ0v) is 18.5. The van der Waals surface area contributed by atoms with Crippen molar-refractivity contribution in [1.82, 2.24) is 9.97 Å². The van der Waals surface area contributed by atoms with Gasteiger partial charge in [0.1, 0.15) is 0 Å². The van der Waals surface area contributed by atoms with Gasteiger partial charge < -0.3 is 10.2 Å². The predicted molar refractivity (Wildman–Crippen MR) is 112 cm³/mol. The van der Waals surface area contributed by atoms with Gasteiger partial charge in [-0.05, 0) is 82.3 Å². The second kappa shape index (κ2) is 10.0. The summed E-state index contributed by atoms with van der Waals surface area (Å²) in [5.74, 6) is -1.08. The third-order valence-corrected chi connectivity index (χ3v) is 6.86. The highest BCUT2D eigenvalue weighted by Crippen LogP contribution is 2.46. The molecule has 2 N–H and O–H groups in total. The first-order valence-corrected chi connectivity index (χ1v) is 11.1. The minimum atomic E-state index is -4.62. The predicted octanol–water partition coefficient (Wildman–Crippen LogP) is 5.80. The number of hydrogen-bond acceptors (Lipinski definition) is 4. The van der Waals surface area contributed by atoms with Gasteiger partial charge in [-0.15, -0.1) is 0 Å². The van der Waals surface area contributed by atoms with Crippen molar-refractivity contribution >= 4 is 0 Å². The molecule has 2 aliphatic rings. The van der Waals surface area contributed by atoms with Gasteiger partial charge >= 0.3 is 6.18 Å². The average Bonchev–Trinajstić information content (AvgIpc) is 2.75. The van der Waals surface area contributed by atoms with E-state index in [0.717, 1.165) is 25.7 Å². The maximum atomic E-state index is 13.4. The molecule has 0 aromatic carbocycles. The quantitative estimate of drug-likeness (QED) is 0.428. The van der Waals surface area contributed by atoms with Crippen molar-refractivity contribution in [2.45, 2.75) is 87.5 Å². The molecule has 2 aromatic heterocycles. The molecule has 2 aromatic rings. The SMILES string of the molecule is CC1(O)CCC(c2cccnc2F)CC1.OC1(C(F)(F)F)CCC(c2cccnc2F)CC1. The Morgan fingerprint density at radius 2 is 1.18 bits per heavy atom. The molecule has 0 unspecified atom stereocenters. The monoisotopic (exact) mass is 472 g/mol. The zero-order valence-electron chi connectivity index (χ0n) is 18.5. The first-order chi connectivity index (χ1) is 15.4. The molecule has 2 aliphatic carbocycles. The van der Waals surface area contributed by atoms with E-state index in [1.165, 1.54) is 18.5 Å². The Kier molecular flexibility index (Phi) is 7.73. The van der Waals surface area contributed by atoms with Crippen LogP contribution in [0.4, 0.5) is 22.0 Å². The minimum Gasteiger partial charge on any atom is -0.390 e. The summed E-state index contributed by atoms with van der Waals surface area (Å²) in [6, 6.07) is 6.66. The normalized spacial score (nSPS) is 30.3. The number of hydrogen-bond donors (Lipinski definition) is 2. The molecule has 0 spiro atoms. The van der Waals surface area contributed by atoms with Crippen molar-refractivity contribution in [1.29, 1.82) is 0 Å². The second-order valence-corrected chi connectivity index (χ2v) is 9.34. The zero-order chi connectivity index (χ0) is 24.3. The van der Waals surface area contributed by atoms with Crippen LogP contribution in [0.2, 0.25) is 0 Å². The van der Waals surface area contributed by atoms with Crippen LogP contribution in [0.5, 0.6) is 0 Å². The third kappa shape index (κ3) is 6.26. The van der Waals surface area contributed by atoms with E-state index in [-0.39, 0.29) is 30.6 Å². The maximum absolute atomic E-state index is 13.4. The van der Waals surface area contributed by atoms with Gasteiger partial charge in [-0.1, -0.05) is 12.1 Å². The Morgan fingerprint density at radius 3 is 1.55 bits per heavy atom. The highest BCUT2D eigenvalue weighted by molar-refractivity contribution is 5.19. The summed E-state index contributed by atoms with van der Waals surface area (Å²) in [5.41, 5.74) is -2.15. The summed E-state index contributed by atoms with van der Waals surface area (Å²) in [6.07, 6.45) is 0.752. The molecule has 0 aliphatic heterocycles. The van der Waals surface area contributed by atoms with Gasteiger partial charge in [-0.2, -0.15) is 22.0 Å². The summed E-state index contributed by atoms with van der Waals surface area (Å²) in [7, 11) is 0. The minimum absolute atomic E-state index is 0.110. The molecule has 33 heavy (non-hydrogen) atoms. The summed E-state index contributed by atoms with van der Waals surface area (Å²) >= 11 is 0. The van der Waals surface area contributed by atoms with Crippen LogP contribution in [0.3, 0.4) is 0 Å². The fourth-order valence-corrected chi connectivity index (χ4v) is 4.65. The fraction of sp³-hybridized carbons (Fsp3) is 0.583. The summed E-state index contributed by atoms with van der Waals surface area (Å²) in [4.78, 5) is 7.15. The number of halogens is 5. The van der Waals surface area contributed by atoms with Crippen LogP contribution in [-0.2, 0) is 0 Å². The van der Waals surface area contributed by atoms with Crippen LogP contribution >= 0.6 is 0 Å². The Morgan fingerprint density at radius 1 is 0.788 bits per heavy atom. The first-order valence-electron chi connectivity index (χ1n) is 11.1. The van der Waals surface area contributed by atoms with E-state index in [1.807, 2.05) is 6.92 Å². The van der Waals surface area contributed by atoms with Crippen molar-refractivity contribution in [2.75, 3.05) is 0 Å². The molecular weight excluding hydrogens is 443 g/mol. The van der Waals surface area contributed by atoms with Gasteiger partial charge in [0.25, 0.3) is 0 Å². The van der Waals surface area contributed by atoms with Gasteiger partial charge in [0.05, 0.1) is 5.60 Å². The van der Waals surface area contributed by atoms with Crippen LogP contribution in [0, 0.1) is 11.9 Å². The Labute approximate surface area is 189 Å². The molecule has 0 saturated heterocycles. The van der Waals surface area contributed by atoms with Crippen LogP contribution in [-0.4, -0.2) is 37.6 Å². The number of nitrogens with zero attached hydrogens (tertiary/aromatic N) is 2. The molecule has 2 saturated carbocycles. The summed E-state index contributed by atoms with van der Waals surface area (Å²) < 4.78 is 64.6. The van der Waals surface area contributed by atoms with E-state index in [1.54, 1.807) is 18.2 Å². The second-order valence-electron chi connectivity index (χ2n) is 9.34. The molecule has 9 heteroatoms. The largest absolute Gasteiger partial charge is 0.417 e. The molecule has 182 valence electrons. The molecule has 4 rings (SSSR count). The molecule has 0 atom stereocenters. The lowest BCUT2D eigenvalue weighted by molar-refractivity contribution is -0.270. The molecule has 2 heterocycles. The molecule has 0 amide bonds. The van der Waals surface area contributed by atoms with E-state index in [4.69, 9.17) is 0 Å². The van der Waals surface area contributed by atoms with Crippen LogP contribution in [0.1, 0.15) is 81.3 Å². The van der Waals surface area contributed by atoms with E-state index in [2.05, 4.69) is 9.97 Å². The van der Waals surface area contributed by atoms with Gasteiger partial charge in [-0.25, -0.2) is 9.97 Å². The average molecular weight is 472 g/mol. The van der Waals surface area contributed by atoms with Gasteiger partial charge in [0.2, 0.25) is 11.9 Å². The van der Waals surface area contributed by atoms with Crippen LogP contribution in [0.25, 0.3) is 0 Å². The maximum Gasteiger partial charge on any atom is 0.417 e. The van der Waals surface area contributed by atoms with Gasteiger partial charge in [0, 0.05) is 23.5 Å². The lowest BCUT2D eigenvalue weighted by Crippen LogP contribution is -2.47. The number of rotatable bonds is 2. The van der Waals surface area contributed by atoms with Crippen molar-refractivity contribution in [3.05, 3.63) is 59.7 Å². The smallest absolute Gasteiger partial charge is 0.390 e. The highest BCUT2D eigenvalue weighted by atomic mass is 19.4. The Bertz CT molecular complexity index is 917. The number of aliphatic hydroxyl groups is 2.